The van der Waals surface area contributed by atoms with Gasteiger partial charge in [0.15, 0.2) is 0 Å². The van der Waals surface area contributed by atoms with Gasteiger partial charge in [0.2, 0.25) is 0 Å². The zero-order valence-corrected chi connectivity index (χ0v) is 29.6. The molecule has 0 N–H and O–H groups in total. The third-order valence-corrected chi connectivity index (χ3v) is 9.03. The van der Waals surface area contributed by atoms with Crippen molar-refractivity contribution in [2.75, 3.05) is 20.1 Å². The van der Waals surface area contributed by atoms with Crippen molar-refractivity contribution in [3.05, 3.63) is 48.6 Å². The number of likely N-dealkylation sites (tertiary alicyclic amines) is 1. The summed E-state index contributed by atoms with van der Waals surface area (Å²) in [4.78, 5) is 2.55. The van der Waals surface area contributed by atoms with Crippen molar-refractivity contribution in [1.82, 2.24) is 4.90 Å². The largest absolute Gasteiger partial charge is 0.305 e. The highest BCUT2D eigenvalue weighted by Crippen LogP contribution is 2.40. The summed E-state index contributed by atoms with van der Waals surface area (Å²) < 4.78 is 0. The van der Waals surface area contributed by atoms with E-state index in [1.165, 1.54) is 167 Å². The maximum Gasteiger partial charge on any atom is 0.00474 e. The summed E-state index contributed by atoms with van der Waals surface area (Å²) in [6.45, 7) is 7.26. The SMILES string of the molecule is CCCCC/C=C\C/C=C\CCCCCCCCC1(CCCCCCCC/C=C\C/C=C\CCCCC)CN(C)C1.Cl. The molecular formula is C40H74ClN. The maximum atomic E-state index is 2.55. The van der Waals surface area contributed by atoms with Crippen LogP contribution in [0.15, 0.2) is 48.6 Å². The highest BCUT2D eigenvalue weighted by atomic mass is 35.5. The molecule has 0 saturated carbocycles. The maximum absolute atomic E-state index is 2.55. The van der Waals surface area contributed by atoms with E-state index in [0.717, 1.165) is 12.8 Å². The molecule has 42 heavy (non-hydrogen) atoms. The summed E-state index contributed by atoms with van der Waals surface area (Å²) in [6.07, 6.45) is 54.5. The molecule has 0 aromatic heterocycles. The number of unbranched alkanes of at least 4 members (excludes halogenated alkanes) is 18. The van der Waals surface area contributed by atoms with E-state index < -0.39 is 0 Å². The van der Waals surface area contributed by atoms with Gasteiger partial charge in [0.25, 0.3) is 0 Å². The van der Waals surface area contributed by atoms with Crippen molar-refractivity contribution in [2.45, 2.75) is 181 Å². The topological polar surface area (TPSA) is 3.24 Å². The van der Waals surface area contributed by atoms with E-state index >= 15 is 0 Å². The first kappa shape index (κ1) is 41.2. The molecule has 0 radical (unpaired) electrons. The van der Waals surface area contributed by atoms with E-state index in [-0.39, 0.29) is 12.4 Å². The number of allylic oxidation sites excluding steroid dienone is 8. The van der Waals surface area contributed by atoms with E-state index in [1.807, 2.05) is 0 Å². The van der Waals surface area contributed by atoms with Gasteiger partial charge in [-0.15, -0.1) is 12.4 Å². The van der Waals surface area contributed by atoms with E-state index in [1.54, 1.807) is 0 Å². The monoisotopic (exact) mass is 604 g/mol. The van der Waals surface area contributed by atoms with Crippen LogP contribution < -0.4 is 0 Å². The van der Waals surface area contributed by atoms with Crippen molar-refractivity contribution in [3.63, 3.8) is 0 Å². The third kappa shape index (κ3) is 25.7. The molecule has 1 nitrogen and oxygen atoms in total. The molecule has 246 valence electrons. The van der Waals surface area contributed by atoms with Gasteiger partial charge in [0, 0.05) is 13.1 Å². The Balaban J connectivity index is 0.0000168. The van der Waals surface area contributed by atoms with Crippen LogP contribution in [0.3, 0.4) is 0 Å². The lowest BCUT2D eigenvalue weighted by atomic mass is 9.72. The van der Waals surface area contributed by atoms with Crippen LogP contribution in [0, 0.1) is 5.41 Å². The van der Waals surface area contributed by atoms with Gasteiger partial charge in [-0.3, -0.25) is 0 Å². The Morgan fingerprint density at radius 1 is 0.429 bits per heavy atom. The number of nitrogens with zero attached hydrogens (tertiary/aromatic N) is 1. The number of halogens is 1. The van der Waals surface area contributed by atoms with Gasteiger partial charge in [0.1, 0.15) is 0 Å². The quantitative estimate of drug-likeness (QED) is 0.0583. The standard InChI is InChI=1S/C40H73N.ClH/c1-4-6-8-10-12-14-16-18-20-22-24-26-28-30-32-34-36-40(38-41(3)39-40)37-35-33-31-29-27-25-23-21-19-17-15-13-11-9-7-5-2;/h12-15,18-21H,4-11,16-17,22-39H2,1-3H3;1H/b14-12-,15-13-,20-18-,21-19-;. The molecule has 0 aliphatic carbocycles. The Kier molecular flexibility index (Phi) is 31.0. The van der Waals surface area contributed by atoms with Crippen molar-refractivity contribution >= 4 is 12.4 Å². The predicted octanol–water partition coefficient (Wildman–Crippen LogP) is 13.7. The van der Waals surface area contributed by atoms with E-state index in [9.17, 15) is 0 Å². The summed E-state index contributed by atoms with van der Waals surface area (Å²) in [5.41, 5.74) is 0.666. The van der Waals surface area contributed by atoms with E-state index in [2.05, 4.69) is 74.4 Å². The van der Waals surface area contributed by atoms with Gasteiger partial charge in [0.05, 0.1) is 0 Å². The first-order chi connectivity index (χ1) is 20.2. The fourth-order valence-corrected chi connectivity index (χ4v) is 6.52. The van der Waals surface area contributed by atoms with Crippen LogP contribution >= 0.6 is 12.4 Å². The minimum absolute atomic E-state index is 0. The molecule has 1 aliphatic heterocycles. The van der Waals surface area contributed by atoms with Crippen LogP contribution in [-0.4, -0.2) is 25.0 Å². The minimum atomic E-state index is 0. The highest BCUT2D eigenvalue weighted by molar-refractivity contribution is 5.85. The van der Waals surface area contributed by atoms with Crippen LogP contribution in [0.5, 0.6) is 0 Å². The van der Waals surface area contributed by atoms with Crippen molar-refractivity contribution in [1.29, 1.82) is 0 Å². The smallest absolute Gasteiger partial charge is 0.00474 e. The molecular weight excluding hydrogens is 530 g/mol. The molecule has 0 aromatic carbocycles. The van der Waals surface area contributed by atoms with Gasteiger partial charge in [-0.2, -0.15) is 0 Å². The molecule has 1 aliphatic rings. The summed E-state index contributed by atoms with van der Waals surface area (Å²) in [5.74, 6) is 0. The molecule has 0 amide bonds. The number of hydrogen-bond donors (Lipinski definition) is 0. The average Bonchev–Trinajstić information content (AvgIpc) is 2.95. The normalized spacial score (nSPS) is 15.4. The molecule has 0 spiro atoms. The van der Waals surface area contributed by atoms with Gasteiger partial charge in [-0.25, -0.2) is 0 Å². The Hall–Kier alpha value is -0.790. The third-order valence-electron chi connectivity index (χ3n) is 9.03. The Morgan fingerprint density at radius 2 is 0.738 bits per heavy atom. The lowest BCUT2D eigenvalue weighted by molar-refractivity contribution is 0.00256. The summed E-state index contributed by atoms with van der Waals surface area (Å²) in [6, 6.07) is 0. The van der Waals surface area contributed by atoms with Gasteiger partial charge in [-0.1, -0.05) is 152 Å². The minimum Gasteiger partial charge on any atom is -0.305 e. The van der Waals surface area contributed by atoms with Crippen molar-refractivity contribution in [2.24, 2.45) is 5.41 Å². The van der Waals surface area contributed by atoms with Crippen LogP contribution in [0.2, 0.25) is 0 Å². The first-order valence-corrected chi connectivity index (χ1v) is 18.5. The molecule has 2 heteroatoms. The predicted molar refractivity (Wildman–Crippen MR) is 195 cm³/mol. The van der Waals surface area contributed by atoms with E-state index in [0.29, 0.717) is 5.41 Å². The van der Waals surface area contributed by atoms with E-state index in [4.69, 9.17) is 0 Å². The Morgan fingerprint density at radius 3 is 1.07 bits per heavy atom. The van der Waals surface area contributed by atoms with Gasteiger partial charge < -0.3 is 4.90 Å². The number of hydrogen-bond acceptors (Lipinski definition) is 1. The molecule has 0 aromatic rings. The Bertz CT molecular complexity index is 605. The van der Waals surface area contributed by atoms with Gasteiger partial charge >= 0.3 is 0 Å². The fraction of sp³-hybridized carbons (Fsp3) is 0.800. The zero-order chi connectivity index (χ0) is 29.5. The highest BCUT2D eigenvalue weighted by Gasteiger charge is 2.39. The van der Waals surface area contributed by atoms with Crippen LogP contribution in [0.4, 0.5) is 0 Å². The van der Waals surface area contributed by atoms with Crippen LogP contribution in [-0.2, 0) is 0 Å². The molecule has 1 fully saturated rings. The molecule has 1 saturated heterocycles. The first-order valence-electron chi connectivity index (χ1n) is 18.5. The molecule has 1 heterocycles. The lowest BCUT2D eigenvalue weighted by Gasteiger charge is -2.49. The summed E-state index contributed by atoms with van der Waals surface area (Å²) in [5, 5.41) is 0. The second kappa shape index (κ2) is 31.6. The fourth-order valence-electron chi connectivity index (χ4n) is 6.52. The van der Waals surface area contributed by atoms with Crippen molar-refractivity contribution < 1.29 is 0 Å². The molecule has 0 unspecified atom stereocenters. The average molecular weight is 604 g/mol. The van der Waals surface area contributed by atoms with Crippen molar-refractivity contribution in [3.8, 4) is 0 Å². The van der Waals surface area contributed by atoms with Crippen LogP contribution in [0.25, 0.3) is 0 Å². The Labute approximate surface area is 271 Å². The second-order valence-corrected chi connectivity index (χ2v) is 13.3. The molecule has 0 bridgehead atoms. The summed E-state index contributed by atoms with van der Waals surface area (Å²) in [7, 11) is 2.31. The molecule has 0 atom stereocenters. The molecule has 1 rings (SSSR count). The summed E-state index contributed by atoms with van der Waals surface area (Å²) >= 11 is 0. The van der Waals surface area contributed by atoms with Crippen LogP contribution in [0.1, 0.15) is 181 Å². The number of rotatable bonds is 30. The second-order valence-electron chi connectivity index (χ2n) is 13.3. The van der Waals surface area contributed by atoms with Gasteiger partial charge in [-0.05, 0) is 89.5 Å². The zero-order valence-electron chi connectivity index (χ0n) is 28.8. The lowest BCUT2D eigenvalue weighted by Crippen LogP contribution is -2.54.